The molecule has 180 valence electrons. The van der Waals surface area contributed by atoms with Crippen molar-refractivity contribution in [1.82, 2.24) is 0 Å². The summed E-state index contributed by atoms with van der Waals surface area (Å²) in [4.78, 5) is 10.2. The Morgan fingerprint density at radius 3 is 1.63 bits per heavy atom. The van der Waals surface area contributed by atoms with Gasteiger partial charge in [-0.1, -0.05) is 103 Å². The van der Waals surface area contributed by atoms with Crippen LogP contribution in [0.2, 0.25) is 0 Å². The summed E-state index contributed by atoms with van der Waals surface area (Å²) in [6.45, 7) is 4.54. The Bertz CT molecular complexity index is 460. The fraction of sp³-hybridized carbons (Fsp3) is 0.920. The number of quaternary nitrogens is 1. The van der Waals surface area contributed by atoms with Gasteiger partial charge in [0.25, 0.3) is 0 Å². The minimum absolute atomic E-state index is 0.319. The summed E-state index contributed by atoms with van der Waals surface area (Å²) in [7, 11) is 2.24. The molecule has 2 unspecified atom stereocenters. The van der Waals surface area contributed by atoms with Crippen LogP contribution in [0.25, 0.3) is 0 Å². The molecule has 30 heavy (non-hydrogen) atoms. The molecule has 0 saturated heterocycles. The zero-order valence-electron chi connectivity index (χ0n) is 20.9. The van der Waals surface area contributed by atoms with Crippen molar-refractivity contribution in [1.29, 1.82) is 0 Å². The van der Waals surface area contributed by atoms with Gasteiger partial charge in [0.05, 0.1) is 27.7 Å². The van der Waals surface area contributed by atoms with Gasteiger partial charge in [-0.25, -0.2) is 0 Å². The van der Waals surface area contributed by atoms with Crippen LogP contribution in [0.5, 0.6) is 0 Å². The summed E-state index contributed by atoms with van der Waals surface area (Å²) >= 11 is 0. The van der Waals surface area contributed by atoms with E-state index in [-0.39, 0.29) is 5.78 Å². The van der Waals surface area contributed by atoms with Gasteiger partial charge in [0.15, 0.2) is 5.78 Å². The molecule has 0 saturated carbocycles. The Balaban J connectivity index is 3.53. The average Bonchev–Trinajstić information content (AvgIpc) is 2.66. The molecular formula is C25H53NO3P+. The Labute approximate surface area is 188 Å². The molecule has 0 aromatic rings. The van der Waals surface area contributed by atoms with Gasteiger partial charge in [-0.3, -0.25) is 4.57 Å². The van der Waals surface area contributed by atoms with Crippen molar-refractivity contribution in [2.24, 2.45) is 0 Å². The van der Waals surface area contributed by atoms with Crippen molar-refractivity contribution in [3.05, 3.63) is 12.2 Å². The quantitative estimate of drug-likeness (QED) is 0.0839. The summed E-state index contributed by atoms with van der Waals surface area (Å²) in [6, 6.07) is 0. The molecule has 0 aromatic carbocycles. The molecule has 0 rings (SSSR count). The Morgan fingerprint density at radius 2 is 1.20 bits per heavy atom. The highest BCUT2D eigenvalue weighted by molar-refractivity contribution is 7.53. The lowest BCUT2D eigenvalue weighted by molar-refractivity contribution is -0.883. The molecule has 0 aliphatic rings. The van der Waals surface area contributed by atoms with E-state index in [1.807, 2.05) is 28.1 Å². The third kappa shape index (κ3) is 16.5. The van der Waals surface area contributed by atoms with Crippen LogP contribution in [0.3, 0.4) is 0 Å². The van der Waals surface area contributed by atoms with Gasteiger partial charge in [0, 0.05) is 6.42 Å². The van der Waals surface area contributed by atoms with Crippen LogP contribution in [0, 0.1) is 0 Å². The van der Waals surface area contributed by atoms with Crippen LogP contribution in [0.4, 0.5) is 0 Å². The Hall–Kier alpha value is -0.150. The molecule has 2 atom stereocenters. The molecule has 4 nitrogen and oxygen atoms in total. The van der Waals surface area contributed by atoms with Crippen molar-refractivity contribution in [3.8, 4) is 0 Å². The lowest BCUT2D eigenvalue weighted by atomic mass is 10.0. The van der Waals surface area contributed by atoms with Gasteiger partial charge < -0.3 is 13.9 Å². The second kappa shape index (κ2) is 18.4. The monoisotopic (exact) mass is 446 g/mol. The summed E-state index contributed by atoms with van der Waals surface area (Å²) < 4.78 is 18.3. The summed E-state index contributed by atoms with van der Waals surface area (Å²) in [5.41, 5.74) is 0. The van der Waals surface area contributed by atoms with Crippen LogP contribution < -0.4 is 0 Å². The number of unbranched alkanes of at least 4 members (excludes halogenated alkanes) is 13. The Morgan fingerprint density at radius 1 is 0.767 bits per heavy atom. The normalized spacial score (nSPS) is 15.5. The number of allylic oxidation sites excluding steroid dienone is 1. The first kappa shape index (κ1) is 29.9. The predicted molar refractivity (Wildman–Crippen MR) is 132 cm³/mol. The smallest absolute Gasteiger partial charge is 0.320 e. The fourth-order valence-corrected chi connectivity index (χ4v) is 5.95. The zero-order chi connectivity index (χ0) is 22.7. The van der Waals surface area contributed by atoms with E-state index in [0.717, 1.165) is 6.42 Å². The molecule has 0 aliphatic heterocycles. The standard InChI is InChI=1S/C25H52NO3P/c1-6-8-9-10-11-12-13-14-15-16-17-18-19-20-21-22-23-24-29-30(27,28)25(7-2)26(3,4)5/h21-22,25H,6-20,23-24H2,1-5H3/p+1. The SMILES string of the molecule is CCCCCCCCCCCCCCCC=CCCOP(=O)(O)C(CC)[N+](C)(C)C. The van der Waals surface area contributed by atoms with Crippen molar-refractivity contribution >= 4 is 7.60 Å². The number of hydrogen-bond acceptors (Lipinski definition) is 2. The first-order valence-corrected chi connectivity index (χ1v) is 14.3. The van der Waals surface area contributed by atoms with Gasteiger partial charge in [-0.05, 0) is 19.3 Å². The van der Waals surface area contributed by atoms with E-state index < -0.39 is 7.60 Å². The topological polar surface area (TPSA) is 46.5 Å². The van der Waals surface area contributed by atoms with Crippen molar-refractivity contribution in [2.75, 3.05) is 27.7 Å². The molecule has 0 bridgehead atoms. The van der Waals surface area contributed by atoms with E-state index in [0.29, 0.717) is 23.9 Å². The van der Waals surface area contributed by atoms with E-state index in [2.05, 4.69) is 19.1 Å². The highest BCUT2D eigenvalue weighted by Crippen LogP contribution is 2.51. The molecule has 0 heterocycles. The number of hydrogen-bond donors (Lipinski definition) is 1. The summed E-state index contributed by atoms with van der Waals surface area (Å²) in [5.74, 6) is -0.368. The van der Waals surface area contributed by atoms with Gasteiger partial charge in [0.1, 0.15) is 0 Å². The van der Waals surface area contributed by atoms with Crippen LogP contribution in [-0.4, -0.2) is 42.9 Å². The van der Waals surface area contributed by atoms with Crippen molar-refractivity contribution in [2.45, 2.75) is 122 Å². The molecule has 0 aliphatic carbocycles. The highest BCUT2D eigenvalue weighted by Gasteiger charge is 2.41. The van der Waals surface area contributed by atoms with E-state index in [4.69, 9.17) is 4.52 Å². The number of rotatable bonds is 21. The van der Waals surface area contributed by atoms with Crippen LogP contribution in [0.15, 0.2) is 12.2 Å². The van der Waals surface area contributed by atoms with Crippen LogP contribution in [0.1, 0.15) is 117 Å². The lowest BCUT2D eigenvalue weighted by Gasteiger charge is -2.35. The average molecular weight is 447 g/mol. The third-order valence-corrected chi connectivity index (χ3v) is 8.20. The predicted octanol–water partition coefficient (Wildman–Crippen LogP) is 8.06. The molecule has 1 N–H and O–H groups in total. The minimum Gasteiger partial charge on any atom is -0.320 e. The molecule has 0 amide bonds. The van der Waals surface area contributed by atoms with Crippen LogP contribution >= 0.6 is 7.60 Å². The maximum atomic E-state index is 12.5. The van der Waals surface area contributed by atoms with Gasteiger partial charge in [-0.2, -0.15) is 0 Å². The summed E-state index contributed by atoms with van der Waals surface area (Å²) in [6.07, 6.45) is 24.7. The van der Waals surface area contributed by atoms with Gasteiger partial charge in [-0.15, -0.1) is 0 Å². The van der Waals surface area contributed by atoms with E-state index in [1.54, 1.807) is 0 Å². The highest BCUT2D eigenvalue weighted by atomic mass is 31.2. The fourth-order valence-electron chi connectivity index (χ4n) is 4.07. The molecule has 5 heteroatoms. The maximum Gasteiger partial charge on any atom is 0.385 e. The second-order valence-corrected chi connectivity index (χ2v) is 11.7. The first-order chi connectivity index (χ1) is 14.3. The number of nitrogens with zero attached hydrogens (tertiary/aromatic N) is 1. The zero-order valence-corrected chi connectivity index (χ0v) is 21.8. The van der Waals surface area contributed by atoms with Crippen molar-refractivity contribution in [3.63, 3.8) is 0 Å². The third-order valence-electron chi connectivity index (χ3n) is 5.84. The molecular weight excluding hydrogens is 393 g/mol. The molecule has 0 fully saturated rings. The largest absolute Gasteiger partial charge is 0.385 e. The van der Waals surface area contributed by atoms with E-state index in [1.165, 1.54) is 83.5 Å². The minimum atomic E-state index is -3.58. The first-order valence-electron chi connectivity index (χ1n) is 12.7. The van der Waals surface area contributed by atoms with Gasteiger partial charge >= 0.3 is 7.60 Å². The molecule has 0 aromatic heterocycles. The van der Waals surface area contributed by atoms with Crippen LogP contribution in [-0.2, 0) is 9.09 Å². The molecule has 0 radical (unpaired) electrons. The van der Waals surface area contributed by atoms with E-state index >= 15 is 0 Å². The van der Waals surface area contributed by atoms with Gasteiger partial charge in [0.2, 0.25) is 0 Å². The Kier molecular flexibility index (Phi) is 18.3. The van der Waals surface area contributed by atoms with Crippen molar-refractivity contribution < 1.29 is 18.5 Å². The second-order valence-electron chi connectivity index (χ2n) is 9.69. The lowest BCUT2D eigenvalue weighted by Crippen LogP contribution is -2.44. The van der Waals surface area contributed by atoms with E-state index in [9.17, 15) is 9.46 Å². The maximum absolute atomic E-state index is 12.5. The summed E-state index contributed by atoms with van der Waals surface area (Å²) in [5, 5.41) is 0. The molecule has 0 spiro atoms.